The summed E-state index contributed by atoms with van der Waals surface area (Å²) in [6.07, 6.45) is 2.01. The number of azide groups is 2. The lowest BCUT2D eigenvalue weighted by Crippen LogP contribution is -2.47. The molecule has 1 amide bonds. The molecule has 0 bridgehead atoms. The number of carboxylic acids is 1. The summed E-state index contributed by atoms with van der Waals surface area (Å²) in [6.45, 7) is 7.30. The Morgan fingerprint density at radius 1 is 0.661 bits per heavy atom. The highest BCUT2D eigenvalue weighted by molar-refractivity contribution is 5.97. The highest BCUT2D eigenvalue weighted by Crippen LogP contribution is 2.22. The van der Waals surface area contributed by atoms with Gasteiger partial charge in [0.2, 0.25) is 0 Å². The molecular formula is C40H47ClN8O7. The number of amides is 1. The Morgan fingerprint density at radius 3 is 1.36 bits per heavy atom. The number of aryl methyl sites for hydroxylation is 2. The van der Waals surface area contributed by atoms with E-state index < -0.39 is 48.0 Å². The number of hydrogen-bond donors (Lipinski definition) is 3. The van der Waals surface area contributed by atoms with Crippen molar-refractivity contribution in [3.63, 3.8) is 0 Å². The molecule has 0 heterocycles. The summed E-state index contributed by atoms with van der Waals surface area (Å²) in [6, 6.07) is 27.3. The van der Waals surface area contributed by atoms with Crippen molar-refractivity contribution in [3.8, 4) is 22.3 Å². The number of carbonyl (C=O) groups is 4. The summed E-state index contributed by atoms with van der Waals surface area (Å²) < 4.78 is 9.01. The van der Waals surface area contributed by atoms with E-state index in [1.54, 1.807) is 31.2 Å². The Labute approximate surface area is 331 Å². The minimum atomic E-state index is -1.06. The van der Waals surface area contributed by atoms with Gasteiger partial charge < -0.3 is 25.6 Å². The molecule has 0 aromatic heterocycles. The van der Waals surface area contributed by atoms with Gasteiger partial charge in [0.05, 0.1) is 31.9 Å². The Hall–Kier alpha value is -6.37. The Bertz CT molecular complexity index is 1960. The van der Waals surface area contributed by atoms with Crippen LogP contribution in [0.1, 0.15) is 59.5 Å². The van der Waals surface area contributed by atoms with Gasteiger partial charge in [-0.3, -0.25) is 9.59 Å². The summed E-state index contributed by atoms with van der Waals surface area (Å²) in [5, 5.41) is 18.1. The van der Waals surface area contributed by atoms with E-state index in [0.29, 0.717) is 11.1 Å². The van der Waals surface area contributed by atoms with Gasteiger partial charge in [-0.1, -0.05) is 111 Å². The van der Waals surface area contributed by atoms with Crippen LogP contribution in [0.25, 0.3) is 43.1 Å². The average molecular weight is 787 g/mol. The molecular weight excluding hydrogens is 740 g/mol. The fourth-order valence-corrected chi connectivity index (χ4v) is 4.85. The predicted octanol–water partition coefficient (Wildman–Crippen LogP) is 8.11. The largest absolute Gasteiger partial charge is 0.478 e. The molecule has 4 aromatic rings. The lowest BCUT2D eigenvalue weighted by atomic mass is 10.0. The molecule has 0 radical (unpaired) electrons. The molecule has 0 fully saturated rings. The standard InChI is InChI=1S/C20H22N4O3.C15H14O2.C5H10N4O2.ClH/c1-4-14-5-7-15(8-6-14)16-9-11-17(12-10-16)19(25)22-18(20(26)27-3)13(2)23-24-21;1-2-11-3-5-12(6-4-11)13-7-9-14(10-8-13)15(16)17;1-3(8-9-7)4(6)5(10)11-2;/h5-13,18H,4H2,1-3H3,(H,22,25);3-10H,2H2,1H3,(H,16,17);3-4H,6H2,1-2H3;1H/t13?,18-;;3?,4-;/m0.0./s1. The number of aromatic carboxylic acids is 1. The summed E-state index contributed by atoms with van der Waals surface area (Å²) in [5.74, 6) is -2.59. The van der Waals surface area contributed by atoms with Crippen LogP contribution in [-0.2, 0) is 31.9 Å². The number of carboxylic acid groups (broad SMARTS) is 1. The monoisotopic (exact) mass is 786 g/mol. The predicted molar refractivity (Wildman–Crippen MR) is 217 cm³/mol. The highest BCUT2D eigenvalue weighted by Gasteiger charge is 2.27. The number of ether oxygens (including phenoxy) is 2. The van der Waals surface area contributed by atoms with E-state index in [1.807, 2.05) is 36.4 Å². The number of nitrogens with two attached hydrogens (primary N) is 1. The second-order valence-electron chi connectivity index (χ2n) is 12.0. The van der Waals surface area contributed by atoms with E-state index in [1.165, 1.54) is 32.3 Å². The van der Waals surface area contributed by atoms with Crippen LogP contribution in [0, 0.1) is 0 Å². The van der Waals surface area contributed by atoms with E-state index in [4.69, 9.17) is 21.9 Å². The molecule has 0 saturated carbocycles. The minimum absolute atomic E-state index is 0. The van der Waals surface area contributed by atoms with Crippen molar-refractivity contribution in [1.29, 1.82) is 0 Å². The van der Waals surface area contributed by atoms with Crippen molar-refractivity contribution in [2.45, 2.75) is 64.7 Å². The third-order valence-corrected chi connectivity index (χ3v) is 8.35. The van der Waals surface area contributed by atoms with Gasteiger partial charge in [-0.2, -0.15) is 0 Å². The maximum Gasteiger partial charge on any atom is 0.335 e. The number of rotatable bonds is 13. The van der Waals surface area contributed by atoms with Gasteiger partial charge in [0.25, 0.3) is 5.91 Å². The molecule has 15 nitrogen and oxygen atoms in total. The van der Waals surface area contributed by atoms with Crippen LogP contribution in [0.5, 0.6) is 0 Å². The molecule has 4 N–H and O–H groups in total. The van der Waals surface area contributed by atoms with Crippen molar-refractivity contribution in [2.24, 2.45) is 16.0 Å². The van der Waals surface area contributed by atoms with Crippen LogP contribution in [0.4, 0.5) is 0 Å². The first-order valence-electron chi connectivity index (χ1n) is 17.3. The number of benzene rings is 4. The second kappa shape index (κ2) is 24.8. The van der Waals surface area contributed by atoms with Crippen molar-refractivity contribution in [2.75, 3.05) is 14.2 Å². The first kappa shape index (κ1) is 47.7. The summed E-state index contributed by atoms with van der Waals surface area (Å²) in [7, 11) is 2.44. The maximum absolute atomic E-state index is 12.5. The van der Waals surface area contributed by atoms with Gasteiger partial charge in [0.15, 0.2) is 0 Å². The van der Waals surface area contributed by atoms with Gasteiger partial charge in [0.1, 0.15) is 12.1 Å². The van der Waals surface area contributed by atoms with Crippen molar-refractivity contribution in [1.82, 2.24) is 5.32 Å². The molecule has 4 rings (SSSR count). The summed E-state index contributed by atoms with van der Waals surface area (Å²) in [5.41, 5.74) is 29.3. The molecule has 0 aliphatic heterocycles. The number of esters is 2. The fraction of sp³-hybridized carbons (Fsp3) is 0.300. The molecule has 296 valence electrons. The molecule has 0 saturated heterocycles. The first-order valence-corrected chi connectivity index (χ1v) is 17.3. The van der Waals surface area contributed by atoms with Crippen LogP contribution in [0.2, 0.25) is 0 Å². The number of nitrogens with zero attached hydrogens (tertiary/aromatic N) is 6. The van der Waals surface area contributed by atoms with E-state index in [0.717, 1.165) is 35.1 Å². The SMILES string of the molecule is CCc1ccc(-c2ccc(C(=O)N[C@H](C(=O)OC)C(C)N=[N+]=[N-])cc2)cc1.CCc1ccc(-c2ccc(C(=O)O)cc2)cc1.COC(=O)[C@@H](N)C(C)N=[N+]=[N-].Cl. The third kappa shape index (κ3) is 14.8. The zero-order valence-corrected chi connectivity index (χ0v) is 32.8. The maximum atomic E-state index is 12.5. The lowest BCUT2D eigenvalue weighted by molar-refractivity contribution is -0.143. The number of methoxy groups -OCH3 is 2. The topological polar surface area (TPSA) is 243 Å². The number of hydrogen-bond acceptors (Lipinski definition) is 9. The highest BCUT2D eigenvalue weighted by atomic mass is 35.5. The van der Waals surface area contributed by atoms with Crippen molar-refractivity contribution in [3.05, 3.63) is 140 Å². The average Bonchev–Trinajstić information content (AvgIpc) is 3.22. The molecule has 56 heavy (non-hydrogen) atoms. The quantitative estimate of drug-likeness (QED) is 0.0516. The smallest absolute Gasteiger partial charge is 0.335 e. The number of nitrogens with one attached hydrogen (secondary N) is 1. The van der Waals surface area contributed by atoms with Gasteiger partial charge in [0, 0.05) is 15.4 Å². The zero-order valence-electron chi connectivity index (χ0n) is 32.0. The molecule has 0 aliphatic carbocycles. The van der Waals surface area contributed by atoms with Crippen molar-refractivity contribution >= 4 is 36.2 Å². The van der Waals surface area contributed by atoms with Crippen LogP contribution in [0.3, 0.4) is 0 Å². The van der Waals surface area contributed by atoms with Crippen LogP contribution < -0.4 is 11.1 Å². The minimum Gasteiger partial charge on any atom is -0.478 e. The second-order valence-corrected chi connectivity index (χ2v) is 12.0. The number of carbonyl (C=O) groups excluding carboxylic acids is 3. The molecule has 4 aromatic carbocycles. The normalized spacial score (nSPS) is 11.9. The van der Waals surface area contributed by atoms with E-state index in [9.17, 15) is 19.2 Å². The van der Waals surface area contributed by atoms with Crippen molar-refractivity contribution < 1.29 is 33.8 Å². The van der Waals surface area contributed by atoms with E-state index >= 15 is 0 Å². The van der Waals surface area contributed by atoms with Gasteiger partial charge in [-0.05, 0) is 81.6 Å². The fourth-order valence-electron chi connectivity index (χ4n) is 4.85. The van der Waals surface area contributed by atoms with Gasteiger partial charge in [-0.25, -0.2) is 9.59 Å². The Balaban J connectivity index is 0.000000462. The van der Waals surface area contributed by atoms with Gasteiger partial charge in [-0.15, -0.1) is 12.4 Å². The van der Waals surface area contributed by atoms with Crippen LogP contribution >= 0.6 is 12.4 Å². The Kier molecular flexibility index (Phi) is 21.1. The molecule has 0 spiro atoms. The van der Waals surface area contributed by atoms with Crippen LogP contribution in [0.15, 0.2) is 107 Å². The molecule has 0 aliphatic rings. The third-order valence-electron chi connectivity index (χ3n) is 8.35. The summed E-state index contributed by atoms with van der Waals surface area (Å²) >= 11 is 0. The zero-order chi connectivity index (χ0) is 40.9. The van der Waals surface area contributed by atoms with E-state index in [-0.39, 0.29) is 12.4 Å². The molecule has 16 heteroatoms. The molecule has 2 unspecified atom stereocenters. The number of halogens is 1. The molecule has 4 atom stereocenters. The lowest BCUT2D eigenvalue weighted by Gasteiger charge is -2.19. The Morgan fingerprint density at radius 2 is 1.02 bits per heavy atom. The van der Waals surface area contributed by atoms with E-state index in [2.05, 4.69) is 85.1 Å². The summed E-state index contributed by atoms with van der Waals surface area (Å²) in [4.78, 5) is 50.9. The van der Waals surface area contributed by atoms with Gasteiger partial charge >= 0.3 is 17.9 Å². The first-order chi connectivity index (χ1) is 26.3. The van der Waals surface area contributed by atoms with Crippen LogP contribution in [-0.4, -0.2) is 67.3 Å².